The zero-order chi connectivity index (χ0) is 8.10. The minimum absolute atomic E-state index is 1.07. The Labute approximate surface area is 67.1 Å². The molecule has 0 spiro atoms. The summed E-state index contributed by atoms with van der Waals surface area (Å²) in [6.45, 7) is 5.69. The van der Waals surface area contributed by atoms with E-state index in [1.165, 1.54) is 0 Å². The van der Waals surface area contributed by atoms with Crippen LogP contribution in [0.2, 0.25) is 0 Å². The molecule has 56 valence electrons. The van der Waals surface area contributed by atoms with Crippen molar-refractivity contribution in [3.05, 3.63) is 42.2 Å². The Morgan fingerprint density at radius 2 is 2.27 bits per heavy atom. The van der Waals surface area contributed by atoms with E-state index in [0.29, 0.717) is 0 Å². The van der Waals surface area contributed by atoms with Crippen LogP contribution < -0.4 is 0 Å². The summed E-state index contributed by atoms with van der Waals surface area (Å²) < 4.78 is 0. The molecular formula is C10H11N. The minimum Gasteiger partial charge on any atom is -0.264 e. The number of aromatic nitrogens is 1. The summed E-state index contributed by atoms with van der Waals surface area (Å²) in [4.78, 5) is 3.99. The molecule has 0 saturated carbocycles. The van der Waals surface area contributed by atoms with E-state index in [2.05, 4.69) is 11.6 Å². The summed E-state index contributed by atoms with van der Waals surface area (Å²) >= 11 is 0. The second-order valence-electron chi connectivity index (χ2n) is 2.21. The molecule has 0 aliphatic rings. The van der Waals surface area contributed by atoms with Gasteiger partial charge in [-0.15, -0.1) is 0 Å². The molecule has 1 heteroatoms. The molecule has 1 heterocycles. The molecule has 0 aliphatic heterocycles. The van der Waals surface area contributed by atoms with Crippen LogP contribution in [0.15, 0.2) is 31.1 Å². The zero-order valence-electron chi connectivity index (χ0n) is 6.62. The maximum absolute atomic E-state index is 3.99. The summed E-state index contributed by atoms with van der Waals surface area (Å²) in [5.74, 6) is 0. The van der Waals surface area contributed by atoms with Gasteiger partial charge < -0.3 is 0 Å². The van der Waals surface area contributed by atoms with Crippen LogP contribution in [0.4, 0.5) is 0 Å². The second kappa shape index (κ2) is 3.71. The summed E-state index contributed by atoms with van der Waals surface area (Å²) in [6.07, 6.45) is 9.44. The molecule has 0 bridgehead atoms. The van der Waals surface area contributed by atoms with Gasteiger partial charge in [-0.1, -0.05) is 24.8 Å². The molecular weight excluding hydrogens is 134 g/mol. The van der Waals surface area contributed by atoms with Crippen molar-refractivity contribution < 1.29 is 0 Å². The molecule has 0 fully saturated rings. The van der Waals surface area contributed by atoms with Gasteiger partial charge in [0.1, 0.15) is 0 Å². The third-order valence-corrected chi connectivity index (χ3v) is 1.45. The molecule has 1 nitrogen and oxygen atoms in total. The van der Waals surface area contributed by atoms with Crippen LogP contribution in [0.25, 0.3) is 12.2 Å². The first kappa shape index (κ1) is 7.73. The van der Waals surface area contributed by atoms with Crippen LogP contribution in [0.1, 0.15) is 18.1 Å². The van der Waals surface area contributed by atoms with Crippen LogP contribution in [0.3, 0.4) is 0 Å². The number of nitrogens with zero attached hydrogens (tertiary/aromatic N) is 1. The number of allylic oxidation sites excluding steroid dienone is 1. The number of rotatable bonds is 2. The minimum atomic E-state index is 1.07. The molecule has 0 aliphatic carbocycles. The van der Waals surface area contributed by atoms with Crippen LogP contribution in [0, 0.1) is 0 Å². The number of pyridine rings is 1. The fourth-order valence-electron chi connectivity index (χ4n) is 0.919. The molecule has 0 atom stereocenters. The maximum Gasteiger partial charge on any atom is 0.0346 e. The lowest BCUT2D eigenvalue weighted by Gasteiger charge is -1.96. The van der Waals surface area contributed by atoms with Gasteiger partial charge in [-0.25, -0.2) is 0 Å². The van der Waals surface area contributed by atoms with Crippen LogP contribution in [0.5, 0.6) is 0 Å². The average Bonchev–Trinajstić information content (AvgIpc) is 2.06. The van der Waals surface area contributed by atoms with E-state index in [1.807, 2.05) is 37.4 Å². The van der Waals surface area contributed by atoms with Gasteiger partial charge in [0, 0.05) is 12.4 Å². The van der Waals surface area contributed by atoms with E-state index in [1.54, 1.807) is 6.20 Å². The molecule has 0 saturated heterocycles. The second-order valence-corrected chi connectivity index (χ2v) is 2.21. The van der Waals surface area contributed by atoms with Gasteiger partial charge in [-0.3, -0.25) is 4.98 Å². The molecule has 0 amide bonds. The van der Waals surface area contributed by atoms with E-state index in [-0.39, 0.29) is 0 Å². The smallest absolute Gasteiger partial charge is 0.0346 e. The third-order valence-electron chi connectivity index (χ3n) is 1.45. The van der Waals surface area contributed by atoms with Crippen LogP contribution >= 0.6 is 0 Å². The van der Waals surface area contributed by atoms with Crippen molar-refractivity contribution in [2.45, 2.75) is 6.92 Å². The van der Waals surface area contributed by atoms with Gasteiger partial charge in [0.15, 0.2) is 0 Å². The lowest BCUT2D eigenvalue weighted by atomic mass is 10.1. The fraction of sp³-hybridized carbons (Fsp3) is 0.100. The Hall–Kier alpha value is -1.37. The van der Waals surface area contributed by atoms with Gasteiger partial charge in [0.25, 0.3) is 0 Å². The first-order valence-corrected chi connectivity index (χ1v) is 3.57. The highest BCUT2D eigenvalue weighted by atomic mass is 14.6. The van der Waals surface area contributed by atoms with Gasteiger partial charge in [0.05, 0.1) is 0 Å². The summed E-state index contributed by atoms with van der Waals surface area (Å²) in [5, 5.41) is 0. The van der Waals surface area contributed by atoms with Crippen molar-refractivity contribution in [3.8, 4) is 0 Å². The Morgan fingerprint density at radius 1 is 1.45 bits per heavy atom. The van der Waals surface area contributed by atoms with Gasteiger partial charge >= 0.3 is 0 Å². The molecule has 11 heavy (non-hydrogen) atoms. The predicted molar refractivity (Wildman–Crippen MR) is 49.0 cm³/mol. The standard InChI is InChI=1S/C10H11N/c1-3-5-10-6-7-11-8-9(10)4-2/h3-8H,2H2,1H3/b5-3-. The maximum atomic E-state index is 3.99. The number of hydrogen-bond acceptors (Lipinski definition) is 1. The van der Waals surface area contributed by atoms with E-state index < -0.39 is 0 Å². The highest BCUT2D eigenvalue weighted by Crippen LogP contribution is 2.09. The average molecular weight is 145 g/mol. The first-order valence-electron chi connectivity index (χ1n) is 3.57. The normalized spacial score (nSPS) is 10.3. The molecule has 0 unspecified atom stereocenters. The van der Waals surface area contributed by atoms with E-state index in [9.17, 15) is 0 Å². The fourth-order valence-corrected chi connectivity index (χ4v) is 0.919. The van der Waals surface area contributed by atoms with Crippen molar-refractivity contribution in [2.24, 2.45) is 0 Å². The van der Waals surface area contributed by atoms with Crippen molar-refractivity contribution in [2.75, 3.05) is 0 Å². The summed E-state index contributed by atoms with van der Waals surface area (Å²) in [5.41, 5.74) is 2.24. The van der Waals surface area contributed by atoms with Crippen LogP contribution in [-0.2, 0) is 0 Å². The van der Waals surface area contributed by atoms with E-state index in [4.69, 9.17) is 0 Å². The summed E-state index contributed by atoms with van der Waals surface area (Å²) in [6, 6.07) is 1.97. The van der Waals surface area contributed by atoms with Crippen molar-refractivity contribution in [3.63, 3.8) is 0 Å². The molecule has 1 rings (SSSR count). The van der Waals surface area contributed by atoms with Crippen LogP contribution in [-0.4, -0.2) is 4.98 Å². The molecule has 1 aromatic heterocycles. The molecule has 1 aromatic rings. The Balaban J connectivity index is 3.11. The largest absolute Gasteiger partial charge is 0.264 e. The van der Waals surface area contributed by atoms with Gasteiger partial charge in [-0.2, -0.15) is 0 Å². The zero-order valence-corrected chi connectivity index (χ0v) is 6.62. The third kappa shape index (κ3) is 1.77. The Kier molecular flexibility index (Phi) is 2.61. The SMILES string of the molecule is C=Cc1cnccc1/C=C\C. The molecule has 0 N–H and O–H groups in total. The van der Waals surface area contributed by atoms with Gasteiger partial charge in [-0.05, 0) is 24.1 Å². The van der Waals surface area contributed by atoms with Crippen molar-refractivity contribution in [1.82, 2.24) is 4.98 Å². The van der Waals surface area contributed by atoms with E-state index in [0.717, 1.165) is 11.1 Å². The quantitative estimate of drug-likeness (QED) is 0.623. The first-order chi connectivity index (χ1) is 5.38. The van der Waals surface area contributed by atoms with E-state index >= 15 is 0 Å². The highest BCUT2D eigenvalue weighted by Gasteiger charge is 1.91. The summed E-state index contributed by atoms with van der Waals surface area (Å²) in [7, 11) is 0. The highest BCUT2D eigenvalue weighted by molar-refractivity contribution is 5.62. The van der Waals surface area contributed by atoms with Crippen molar-refractivity contribution >= 4 is 12.2 Å². The number of hydrogen-bond donors (Lipinski definition) is 0. The Morgan fingerprint density at radius 3 is 2.91 bits per heavy atom. The molecule has 0 radical (unpaired) electrons. The monoisotopic (exact) mass is 145 g/mol. The topological polar surface area (TPSA) is 12.9 Å². The van der Waals surface area contributed by atoms with Crippen molar-refractivity contribution in [1.29, 1.82) is 0 Å². The van der Waals surface area contributed by atoms with Gasteiger partial charge in [0.2, 0.25) is 0 Å². The lowest BCUT2D eigenvalue weighted by molar-refractivity contribution is 1.31. The lowest BCUT2D eigenvalue weighted by Crippen LogP contribution is -1.80. The molecule has 0 aromatic carbocycles. The Bertz CT molecular complexity index is 274. The predicted octanol–water partition coefficient (Wildman–Crippen LogP) is 2.76.